The Balaban J connectivity index is 2.42. The Hall–Kier alpha value is -1.70. The lowest BCUT2D eigenvalue weighted by Gasteiger charge is -2.08. The van der Waals surface area contributed by atoms with Crippen molar-refractivity contribution in [1.29, 1.82) is 0 Å². The van der Waals surface area contributed by atoms with Crippen LogP contribution in [0.25, 0.3) is 0 Å². The predicted molar refractivity (Wildman–Crippen MR) is 59.3 cm³/mol. The molecular formula is C10H4BrF4N3. The lowest BCUT2D eigenvalue weighted by Crippen LogP contribution is -2.05. The number of hydrogen-bond donors (Lipinski definition) is 1. The van der Waals surface area contributed by atoms with Crippen molar-refractivity contribution in [1.82, 2.24) is 9.97 Å². The average Bonchev–Trinajstić information content (AvgIpc) is 2.34. The summed E-state index contributed by atoms with van der Waals surface area (Å²) >= 11 is 3.06. The van der Waals surface area contributed by atoms with E-state index in [1.807, 2.05) is 0 Å². The fourth-order valence-electron chi connectivity index (χ4n) is 1.17. The molecule has 2 aromatic rings. The molecule has 2 rings (SSSR count). The molecule has 18 heavy (non-hydrogen) atoms. The van der Waals surface area contributed by atoms with Crippen LogP contribution in [0, 0.1) is 23.3 Å². The van der Waals surface area contributed by atoms with E-state index in [9.17, 15) is 17.6 Å². The fourth-order valence-corrected chi connectivity index (χ4v) is 1.38. The van der Waals surface area contributed by atoms with Gasteiger partial charge in [-0.25, -0.2) is 27.5 Å². The van der Waals surface area contributed by atoms with Crippen molar-refractivity contribution >= 4 is 27.6 Å². The zero-order valence-corrected chi connectivity index (χ0v) is 10.1. The van der Waals surface area contributed by atoms with Crippen molar-refractivity contribution in [3.63, 3.8) is 0 Å². The van der Waals surface area contributed by atoms with Gasteiger partial charge in [0.15, 0.2) is 23.3 Å². The maximum atomic E-state index is 13.3. The second-order valence-corrected chi connectivity index (χ2v) is 4.11. The molecule has 0 aliphatic heterocycles. The van der Waals surface area contributed by atoms with Crippen molar-refractivity contribution in [2.75, 3.05) is 5.32 Å². The van der Waals surface area contributed by atoms with E-state index >= 15 is 0 Å². The second kappa shape index (κ2) is 4.89. The van der Waals surface area contributed by atoms with Gasteiger partial charge in [-0.1, -0.05) is 0 Å². The smallest absolute Gasteiger partial charge is 0.227 e. The third-order valence-electron chi connectivity index (χ3n) is 1.97. The number of rotatable bonds is 2. The Morgan fingerprint density at radius 1 is 0.944 bits per heavy atom. The summed E-state index contributed by atoms with van der Waals surface area (Å²) in [5, 5.41) is 2.08. The van der Waals surface area contributed by atoms with E-state index in [4.69, 9.17) is 0 Å². The first-order valence-electron chi connectivity index (χ1n) is 4.56. The van der Waals surface area contributed by atoms with Crippen molar-refractivity contribution in [3.8, 4) is 0 Å². The molecule has 0 spiro atoms. The number of benzene rings is 1. The highest BCUT2D eigenvalue weighted by Gasteiger charge is 2.19. The van der Waals surface area contributed by atoms with Crippen LogP contribution in [0.3, 0.4) is 0 Å². The van der Waals surface area contributed by atoms with Gasteiger partial charge in [0.2, 0.25) is 5.95 Å². The van der Waals surface area contributed by atoms with Crippen LogP contribution >= 0.6 is 15.9 Å². The maximum absolute atomic E-state index is 13.3. The van der Waals surface area contributed by atoms with Gasteiger partial charge >= 0.3 is 0 Å². The van der Waals surface area contributed by atoms with Crippen LogP contribution in [0.1, 0.15) is 0 Å². The molecule has 1 N–H and O–H groups in total. The summed E-state index contributed by atoms with van der Waals surface area (Å²) in [5.74, 6) is -6.29. The third-order valence-corrected chi connectivity index (χ3v) is 2.38. The minimum atomic E-state index is -1.54. The number of halogens is 5. The molecule has 1 aromatic heterocycles. The molecular weight excluding hydrogens is 318 g/mol. The van der Waals surface area contributed by atoms with Gasteiger partial charge in [-0.05, 0) is 15.9 Å². The SMILES string of the molecule is Fc1cc(F)c(F)c(Nc2ncc(Br)cn2)c1F. The number of nitrogens with one attached hydrogen (secondary N) is 1. The normalized spacial score (nSPS) is 10.5. The van der Waals surface area contributed by atoms with Gasteiger partial charge in [0.25, 0.3) is 0 Å². The van der Waals surface area contributed by atoms with Crippen molar-refractivity contribution in [2.24, 2.45) is 0 Å². The number of hydrogen-bond acceptors (Lipinski definition) is 3. The third kappa shape index (κ3) is 2.42. The summed E-state index contributed by atoms with van der Waals surface area (Å²) in [6, 6.07) is 0.123. The molecule has 8 heteroatoms. The number of aromatic nitrogens is 2. The quantitative estimate of drug-likeness (QED) is 0.679. The molecule has 0 bridgehead atoms. The molecule has 1 aromatic carbocycles. The molecule has 0 atom stereocenters. The van der Waals surface area contributed by atoms with Crippen molar-refractivity contribution in [2.45, 2.75) is 0 Å². The summed E-state index contributed by atoms with van der Waals surface area (Å²) in [5.41, 5.74) is -0.977. The van der Waals surface area contributed by atoms with Gasteiger partial charge in [0, 0.05) is 18.5 Å². The first kappa shape index (κ1) is 12.7. The molecule has 0 aliphatic carbocycles. The first-order valence-corrected chi connectivity index (χ1v) is 5.36. The minimum absolute atomic E-state index is 0.123. The van der Waals surface area contributed by atoms with Gasteiger partial charge in [-0.3, -0.25) is 0 Å². The van der Waals surface area contributed by atoms with Gasteiger partial charge in [0.05, 0.1) is 4.47 Å². The van der Waals surface area contributed by atoms with Gasteiger partial charge in [-0.15, -0.1) is 0 Å². The average molecular weight is 322 g/mol. The van der Waals surface area contributed by atoms with Crippen LogP contribution in [0.5, 0.6) is 0 Å². The predicted octanol–water partition coefficient (Wildman–Crippen LogP) is 3.54. The monoisotopic (exact) mass is 321 g/mol. The Morgan fingerprint density at radius 2 is 1.44 bits per heavy atom. The second-order valence-electron chi connectivity index (χ2n) is 3.19. The highest BCUT2D eigenvalue weighted by molar-refractivity contribution is 9.10. The van der Waals surface area contributed by atoms with Crippen LogP contribution in [0.15, 0.2) is 22.9 Å². The molecule has 94 valence electrons. The van der Waals surface area contributed by atoms with Crippen LogP contribution in [0.2, 0.25) is 0 Å². The van der Waals surface area contributed by atoms with E-state index in [2.05, 4.69) is 31.2 Å². The highest BCUT2D eigenvalue weighted by Crippen LogP contribution is 2.26. The molecule has 0 aliphatic rings. The standard InChI is InChI=1S/C10H4BrF4N3/c11-4-2-16-10(17-3-4)18-9-7(14)5(12)1-6(13)8(9)15/h1-3H,(H,16,17,18). The maximum Gasteiger partial charge on any atom is 0.227 e. The first-order chi connectivity index (χ1) is 8.49. The van der Waals surface area contributed by atoms with Gasteiger partial charge in [0.1, 0.15) is 5.69 Å². The van der Waals surface area contributed by atoms with E-state index in [1.54, 1.807) is 0 Å². The van der Waals surface area contributed by atoms with E-state index < -0.39 is 29.0 Å². The summed E-state index contributed by atoms with van der Waals surface area (Å²) in [6.45, 7) is 0. The van der Waals surface area contributed by atoms with E-state index in [1.165, 1.54) is 12.4 Å². The van der Waals surface area contributed by atoms with Crippen LogP contribution in [0.4, 0.5) is 29.2 Å². The van der Waals surface area contributed by atoms with E-state index in [0.717, 1.165) is 0 Å². The molecule has 0 fully saturated rings. The summed E-state index contributed by atoms with van der Waals surface area (Å²) in [6.07, 6.45) is 2.61. The van der Waals surface area contributed by atoms with Gasteiger partial charge < -0.3 is 5.32 Å². The number of anilines is 2. The molecule has 0 amide bonds. The zero-order valence-electron chi connectivity index (χ0n) is 8.52. The number of nitrogens with zero attached hydrogens (tertiary/aromatic N) is 2. The van der Waals surface area contributed by atoms with Gasteiger partial charge in [-0.2, -0.15) is 0 Å². The largest absolute Gasteiger partial charge is 0.319 e. The molecule has 0 saturated carbocycles. The Kier molecular flexibility index (Phi) is 3.46. The topological polar surface area (TPSA) is 37.8 Å². The molecule has 0 saturated heterocycles. The highest BCUT2D eigenvalue weighted by atomic mass is 79.9. The molecule has 3 nitrogen and oxygen atoms in total. The lowest BCUT2D eigenvalue weighted by molar-refractivity contribution is 0.459. The van der Waals surface area contributed by atoms with Crippen LogP contribution < -0.4 is 5.32 Å². The Morgan fingerprint density at radius 3 is 1.94 bits per heavy atom. The minimum Gasteiger partial charge on any atom is -0.319 e. The molecule has 0 unspecified atom stereocenters. The molecule has 0 radical (unpaired) electrons. The van der Waals surface area contributed by atoms with E-state index in [-0.39, 0.29) is 12.0 Å². The summed E-state index contributed by atoms with van der Waals surface area (Å²) in [4.78, 5) is 7.34. The summed E-state index contributed by atoms with van der Waals surface area (Å²) < 4.78 is 53.0. The van der Waals surface area contributed by atoms with Crippen LogP contribution in [-0.4, -0.2) is 9.97 Å². The van der Waals surface area contributed by atoms with Crippen LogP contribution in [-0.2, 0) is 0 Å². The molecule has 1 heterocycles. The zero-order chi connectivity index (χ0) is 13.3. The lowest BCUT2D eigenvalue weighted by atomic mass is 10.2. The fraction of sp³-hybridized carbons (Fsp3) is 0. The Labute approximate surface area is 107 Å². The Bertz CT molecular complexity index is 562. The van der Waals surface area contributed by atoms with Crippen molar-refractivity contribution < 1.29 is 17.6 Å². The van der Waals surface area contributed by atoms with Crippen molar-refractivity contribution in [3.05, 3.63) is 46.2 Å². The van der Waals surface area contributed by atoms with E-state index in [0.29, 0.717) is 4.47 Å². The summed E-state index contributed by atoms with van der Waals surface area (Å²) in [7, 11) is 0.